The number of amides is 3. The Morgan fingerprint density at radius 2 is 1.85 bits per heavy atom. The number of hydrogen-bond acceptors (Lipinski definition) is 6. The quantitative estimate of drug-likeness (QED) is 0.793. The summed E-state index contributed by atoms with van der Waals surface area (Å²) in [6.07, 6.45) is 1.59. The molecule has 1 aliphatic heterocycles. The smallest absolute Gasteiger partial charge is 0.294 e. The van der Waals surface area contributed by atoms with Crippen LogP contribution in [0.15, 0.2) is 23.1 Å². The molecule has 1 fully saturated rings. The van der Waals surface area contributed by atoms with Crippen molar-refractivity contribution >= 4 is 34.9 Å². The molecule has 0 aliphatic carbocycles. The van der Waals surface area contributed by atoms with E-state index >= 15 is 0 Å². The molecule has 2 rings (SSSR count). The molecule has 1 heterocycles. The van der Waals surface area contributed by atoms with E-state index < -0.39 is 16.7 Å². The molecule has 26 heavy (non-hydrogen) atoms. The second-order valence-electron chi connectivity index (χ2n) is 6.68. The molecule has 0 bridgehead atoms. The molecule has 0 radical (unpaired) electrons. The van der Waals surface area contributed by atoms with Crippen molar-refractivity contribution in [1.29, 1.82) is 0 Å². The lowest BCUT2D eigenvalue weighted by molar-refractivity contribution is -0.130. The van der Waals surface area contributed by atoms with Gasteiger partial charge in [0.1, 0.15) is 6.54 Å². The fourth-order valence-electron chi connectivity index (χ4n) is 2.33. The summed E-state index contributed by atoms with van der Waals surface area (Å²) in [5, 5.41) is 2.27. The second-order valence-corrected chi connectivity index (χ2v) is 7.67. The summed E-state index contributed by atoms with van der Waals surface area (Å²) in [5.74, 6) is 0.215. The molecule has 140 valence electrons. The largest absolute Gasteiger partial charge is 0.493 e. The van der Waals surface area contributed by atoms with Crippen LogP contribution in [0.5, 0.6) is 11.5 Å². The van der Waals surface area contributed by atoms with Crippen molar-refractivity contribution in [3.05, 3.63) is 28.7 Å². The Balaban J connectivity index is 2.17. The van der Waals surface area contributed by atoms with Crippen molar-refractivity contribution in [3.63, 3.8) is 0 Å². The predicted molar refractivity (Wildman–Crippen MR) is 100 cm³/mol. The number of nitrogens with one attached hydrogen (secondary N) is 1. The molecule has 0 spiro atoms. The lowest BCUT2D eigenvalue weighted by Gasteiger charge is -2.22. The van der Waals surface area contributed by atoms with Crippen molar-refractivity contribution in [2.45, 2.75) is 26.3 Å². The van der Waals surface area contributed by atoms with Gasteiger partial charge in [-0.25, -0.2) is 0 Å². The van der Waals surface area contributed by atoms with Crippen LogP contribution < -0.4 is 14.8 Å². The zero-order valence-corrected chi connectivity index (χ0v) is 16.2. The van der Waals surface area contributed by atoms with Crippen LogP contribution in [0.4, 0.5) is 4.79 Å². The highest BCUT2D eigenvalue weighted by atomic mass is 32.2. The molecule has 1 aromatic rings. The van der Waals surface area contributed by atoms with Gasteiger partial charge in [-0.2, -0.15) is 0 Å². The SMILES string of the molecule is COc1ccc(/C=C2\SC(=O)N(CC(=O)NC(C)(C)C)C2=O)cc1OC. The lowest BCUT2D eigenvalue weighted by atomic mass is 10.1. The Bertz CT molecular complexity index is 767. The fourth-order valence-corrected chi connectivity index (χ4v) is 3.17. The Morgan fingerprint density at radius 3 is 2.42 bits per heavy atom. The summed E-state index contributed by atoms with van der Waals surface area (Å²) >= 11 is 0.806. The lowest BCUT2D eigenvalue weighted by Crippen LogP contribution is -2.46. The van der Waals surface area contributed by atoms with Gasteiger partial charge in [0.15, 0.2) is 11.5 Å². The number of benzene rings is 1. The van der Waals surface area contributed by atoms with E-state index in [1.165, 1.54) is 14.2 Å². The van der Waals surface area contributed by atoms with Gasteiger partial charge in [-0.3, -0.25) is 19.3 Å². The van der Waals surface area contributed by atoms with Gasteiger partial charge in [-0.1, -0.05) is 6.07 Å². The van der Waals surface area contributed by atoms with Gasteiger partial charge in [0, 0.05) is 5.54 Å². The first kappa shape index (κ1) is 19.8. The van der Waals surface area contributed by atoms with Gasteiger partial charge >= 0.3 is 0 Å². The van der Waals surface area contributed by atoms with Crippen LogP contribution in [-0.2, 0) is 9.59 Å². The van der Waals surface area contributed by atoms with Crippen LogP contribution >= 0.6 is 11.8 Å². The number of nitrogens with zero attached hydrogens (tertiary/aromatic N) is 1. The van der Waals surface area contributed by atoms with Gasteiger partial charge in [0.05, 0.1) is 19.1 Å². The van der Waals surface area contributed by atoms with E-state index in [0.29, 0.717) is 17.1 Å². The molecule has 1 saturated heterocycles. The average molecular weight is 378 g/mol. The van der Waals surface area contributed by atoms with E-state index in [2.05, 4.69) is 5.32 Å². The summed E-state index contributed by atoms with van der Waals surface area (Å²) in [6, 6.07) is 5.17. The van der Waals surface area contributed by atoms with Crippen molar-refractivity contribution in [2.75, 3.05) is 20.8 Å². The maximum Gasteiger partial charge on any atom is 0.294 e. The molecule has 1 aromatic carbocycles. The molecule has 0 saturated carbocycles. The van der Waals surface area contributed by atoms with Crippen molar-refractivity contribution in [3.8, 4) is 11.5 Å². The topological polar surface area (TPSA) is 84.9 Å². The van der Waals surface area contributed by atoms with E-state index in [-0.39, 0.29) is 17.4 Å². The molecular formula is C18H22N2O5S. The number of thioether (sulfide) groups is 1. The van der Waals surface area contributed by atoms with Crippen LogP contribution in [0, 0.1) is 0 Å². The monoisotopic (exact) mass is 378 g/mol. The maximum atomic E-state index is 12.5. The fraction of sp³-hybridized carbons (Fsp3) is 0.389. The molecule has 1 aliphatic rings. The third kappa shape index (κ3) is 4.78. The number of ether oxygens (including phenoxy) is 2. The molecule has 0 unspecified atom stereocenters. The zero-order chi connectivity index (χ0) is 19.5. The molecule has 8 heteroatoms. The van der Waals surface area contributed by atoms with Crippen LogP contribution in [0.25, 0.3) is 6.08 Å². The first-order valence-electron chi connectivity index (χ1n) is 7.93. The summed E-state index contributed by atoms with van der Waals surface area (Å²) in [4.78, 5) is 37.8. The van der Waals surface area contributed by atoms with Gasteiger partial charge < -0.3 is 14.8 Å². The van der Waals surface area contributed by atoms with Gasteiger partial charge in [0.2, 0.25) is 5.91 Å². The molecule has 7 nitrogen and oxygen atoms in total. The highest BCUT2D eigenvalue weighted by Gasteiger charge is 2.36. The van der Waals surface area contributed by atoms with Crippen LogP contribution in [0.3, 0.4) is 0 Å². The van der Waals surface area contributed by atoms with Crippen molar-refractivity contribution in [1.82, 2.24) is 10.2 Å². The van der Waals surface area contributed by atoms with Gasteiger partial charge in [-0.15, -0.1) is 0 Å². The maximum absolute atomic E-state index is 12.5. The highest BCUT2D eigenvalue weighted by molar-refractivity contribution is 8.18. The standard InChI is InChI=1S/C18H22N2O5S/c1-18(2,3)19-15(21)10-20-16(22)14(26-17(20)23)9-11-6-7-12(24-4)13(8-11)25-5/h6-9H,10H2,1-5H3,(H,19,21)/b14-9-. The first-order chi connectivity index (χ1) is 12.1. The van der Waals surface area contributed by atoms with Crippen molar-refractivity contribution < 1.29 is 23.9 Å². The number of rotatable bonds is 5. The summed E-state index contributed by atoms with van der Waals surface area (Å²) in [7, 11) is 3.05. The average Bonchev–Trinajstić information content (AvgIpc) is 2.80. The number of carbonyl (C=O) groups excluding carboxylic acids is 3. The minimum atomic E-state index is -0.487. The first-order valence-corrected chi connectivity index (χ1v) is 8.74. The number of imide groups is 1. The molecule has 0 atom stereocenters. The Labute approximate surface area is 156 Å². The molecule has 0 aromatic heterocycles. The van der Waals surface area contributed by atoms with Gasteiger partial charge in [-0.05, 0) is 56.3 Å². The zero-order valence-electron chi connectivity index (χ0n) is 15.4. The molecular weight excluding hydrogens is 356 g/mol. The Kier molecular flexibility index (Phi) is 5.97. The molecule has 1 N–H and O–H groups in total. The van der Waals surface area contributed by atoms with E-state index in [0.717, 1.165) is 16.7 Å². The number of methoxy groups -OCH3 is 2. The summed E-state index contributed by atoms with van der Waals surface area (Å²) < 4.78 is 10.4. The third-order valence-corrected chi connectivity index (χ3v) is 4.30. The minimum Gasteiger partial charge on any atom is -0.493 e. The van der Waals surface area contributed by atoms with E-state index in [1.807, 2.05) is 20.8 Å². The third-order valence-electron chi connectivity index (χ3n) is 3.40. The van der Waals surface area contributed by atoms with E-state index in [9.17, 15) is 14.4 Å². The Morgan fingerprint density at radius 1 is 1.19 bits per heavy atom. The van der Waals surface area contributed by atoms with Crippen molar-refractivity contribution in [2.24, 2.45) is 0 Å². The predicted octanol–water partition coefficient (Wildman–Crippen LogP) is 2.65. The second kappa shape index (κ2) is 7.82. The number of hydrogen-bond donors (Lipinski definition) is 1. The van der Waals surface area contributed by atoms with E-state index in [1.54, 1.807) is 24.3 Å². The van der Waals surface area contributed by atoms with Crippen LogP contribution in [0.2, 0.25) is 0 Å². The van der Waals surface area contributed by atoms with Gasteiger partial charge in [0.25, 0.3) is 11.1 Å². The summed E-state index contributed by atoms with van der Waals surface area (Å²) in [6.45, 7) is 5.19. The molecule has 3 amide bonds. The highest BCUT2D eigenvalue weighted by Crippen LogP contribution is 2.34. The number of carbonyl (C=O) groups is 3. The van der Waals surface area contributed by atoms with Crippen LogP contribution in [0.1, 0.15) is 26.3 Å². The normalized spacial score (nSPS) is 16.2. The van der Waals surface area contributed by atoms with Crippen LogP contribution in [-0.4, -0.2) is 48.3 Å². The Hall–Kier alpha value is -2.48. The minimum absolute atomic E-state index is 0.255. The van der Waals surface area contributed by atoms with E-state index in [4.69, 9.17) is 9.47 Å². The summed E-state index contributed by atoms with van der Waals surface area (Å²) in [5.41, 5.74) is 0.251.